The minimum atomic E-state index is -0.00178. The predicted molar refractivity (Wildman–Crippen MR) is 152 cm³/mol. The molecule has 38 heavy (non-hydrogen) atoms. The smallest absolute Gasteiger partial charge is 0.421 e. The van der Waals surface area contributed by atoms with Gasteiger partial charge in [0.25, 0.3) is 0 Å². The number of fused-ring (bicyclic) bond motifs is 9. The van der Waals surface area contributed by atoms with Crippen LogP contribution in [0.5, 0.6) is 0 Å². The molecule has 0 bridgehead atoms. The fraction of sp³-hybridized carbons (Fsp3) is 0. The highest BCUT2D eigenvalue weighted by atomic mass is 16.3. The van der Waals surface area contributed by atoms with Gasteiger partial charge in [-0.3, -0.25) is 0 Å². The van der Waals surface area contributed by atoms with Crippen LogP contribution in [0.15, 0.2) is 120 Å². The molecular formula is C32H19BN4O. The van der Waals surface area contributed by atoms with Gasteiger partial charge in [0.1, 0.15) is 5.52 Å². The molecule has 0 amide bonds. The first-order valence-electron chi connectivity index (χ1n) is 12.6. The Morgan fingerprint density at radius 2 is 1.37 bits per heavy atom. The van der Waals surface area contributed by atoms with E-state index in [1.165, 1.54) is 33.7 Å². The lowest BCUT2D eigenvalue weighted by molar-refractivity contribution is 0.620. The van der Waals surface area contributed by atoms with Gasteiger partial charge in [-0.2, -0.15) is 5.26 Å². The molecule has 0 radical (unpaired) electrons. The first kappa shape index (κ1) is 20.9. The molecule has 3 heterocycles. The third-order valence-electron chi connectivity index (χ3n) is 7.49. The number of nitrogens with zero attached hydrogens (tertiary/aromatic N) is 4. The number of para-hydroxylation sites is 3. The van der Waals surface area contributed by atoms with Gasteiger partial charge >= 0.3 is 6.98 Å². The molecule has 0 saturated carbocycles. The van der Waals surface area contributed by atoms with Crippen LogP contribution in [0.3, 0.4) is 0 Å². The first-order chi connectivity index (χ1) is 18.8. The largest absolute Gasteiger partial charge is 0.436 e. The lowest BCUT2D eigenvalue weighted by Gasteiger charge is -2.36. The van der Waals surface area contributed by atoms with Crippen molar-refractivity contribution in [3.63, 3.8) is 0 Å². The molecule has 2 aliphatic rings. The molecule has 176 valence electrons. The molecule has 8 rings (SSSR count). The quantitative estimate of drug-likeness (QED) is 0.246. The highest BCUT2D eigenvalue weighted by Crippen LogP contribution is 2.50. The molecule has 0 N–H and O–H groups in total. The summed E-state index contributed by atoms with van der Waals surface area (Å²) < 4.78 is 6.01. The van der Waals surface area contributed by atoms with Crippen molar-refractivity contribution in [1.29, 1.82) is 5.26 Å². The third-order valence-corrected chi connectivity index (χ3v) is 7.49. The van der Waals surface area contributed by atoms with E-state index in [4.69, 9.17) is 4.42 Å². The first-order valence-corrected chi connectivity index (χ1v) is 12.6. The van der Waals surface area contributed by atoms with E-state index in [0.717, 1.165) is 16.8 Å². The van der Waals surface area contributed by atoms with E-state index >= 15 is 0 Å². The normalized spacial score (nSPS) is 13.1. The summed E-state index contributed by atoms with van der Waals surface area (Å²) in [7, 11) is 0. The summed E-state index contributed by atoms with van der Waals surface area (Å²) >= 11 is 0. The molecule has 0 unspecified atom stereocenters. The molecule has 2 aliphatic heterocycles. The Balaban J connectivity index is 1.26. The Bertz CT molecular complexity index is 1920. The van der Waals surface area contributed by atoms with E-state index < -0.39 is 0 Å². The fourth-order valence-corrected chi connectivity index (χ4v) is 5.83. The molecule has 0 fully saturated rings. The zero-order valence-corrected chi connectivity index (χ0v) is 20.2. The molecule has 0 saturated heterocycles. The summed E-state index contributed by atoms with van der Waals surface area (Å²) in [6.45, 7) is -0.00178. The van der Waals surface area contributed by atoms with Gasteiger partial charge in [0, 0.05) is 28.6 Å². The number of aromatic nitrogens is 1. The van der Waals surface area contributed by atoms with Crippen LogP contribution in [0.4, 0.5) is 22.7 Å². The number of benzene rings is 5. The van der Waals surface area contributed by atoms with Crippen LogP contribution >= 0.6 is 0 Å². The average Bonchev–Trinajstić information content (AvgIpc) is 3.57. The molecule has 6 aromatic rings. The van der Waals surface area contributed by atoms with Crippen molar-refractivity contribution < 1.29 is 4.42 Å². The predicted octanol–water partition coefficient (Wildman–Crippen LogP) is 7.03. The Morgan fingerprint density at radius 1 is 0.684 bits per heavy atom. The molecular weight excluding hydrogens is 467 g/mol. The van der Waals surface area contributed by atoms with Gasteiger partial charge in [-0.25, -0.2) is 4.98 Å². The minimum Gasteiger partial charge on any atom is -0.436 e. The molecule has 1 aromatic heterocycles. The van der Waals surface area contributed by atoms with Gasteiger partial charge in [-0.05, 0) is 65.6 Å². The minimum absolute atomic E-state index is 0.00178. The van der Waals surface area contributed by atoms with Crippen LogP contribution in [-0.2, 0) is 0 Å². The number of nitriles is 1. The maximum absolute atomic E-state index is 9.20. The van der Waals surface area contributed by atoms with Crippen molar-refractivity contribution in [3.8, 4) is 28.7 Å². The van der Waals surface area contributed by atoms with Gasteiger partial charge < -0.3 is 14.0 Å². The highest BCUT2D eigenvalue weighted by molar-refractivity contribution is 6.86. The maximum Gasteiger partial charge on any atom is 0.421 e. The van der Waals surface area contributed by atoms with Gasteiger partial charge in [0.15, 0.2) is 5.58 Å². The number of anilines is 4. The number of hydrogen-bond acceptors (Lipinski definition) is 5. The molecule has 5 nitrogen and oxygen atoms in total. The van der Waals surface area contributed by atoms with Crippen LogP contribution in [0, 0.1) is 11.3 Å². The van der Waals surface area contributed by atoms with Crippen molar-refractivity contribution in [2.45, 2.75) is 0 Å². The van der Waals surface area contributed by atoms with E-state index in [-0.39, 0.29) is 6.98 Å². The van der Waals surface area contributed by atoms with Crippen LogP contribution < -0.4 is 15.1 Å². The van der Waals surface area contributed by atoms with E-state index in [1.54, 1.807) is 12.1 Å². The van der Waals surface area contributed by atoms with E-state index in [1.807, 2.05) is 6.07 Å². The third kappa shape index (κ3) is 2.90. The topological polar surface area (TPSA) is 56.3 Å². The molecule has 0 atom stereocenters. The molecule has 0 aliphatic carbocycles. The molecule has 0 spiro atoms. The van der Waals surface area contributed by atoms with Crippen molar-refractivity contribution in [3.05, 3.63) is 121 Å². The summed E-state index contributed by atoms with van der Waals surface area (Å²) in [5, 5.41) is 9.20. The molecule has 6 heteroatoms. The summed E-state index contributed by atoms with van der Waals surface area (Å²) in [6.07, 6.45) is 0. The maximum atomic E-state index is 9.20. The SMILES string of the molecule is N#Cc1ccc2nc(-c3ccc(N4B5c6ccccc6-c6ccccc6N5c5ccccc54)cc3)oc2c1. The Hall–Kier alpha value is -5.28. The standard InChI is InChI=1S/C32H19BN4O/c34-20-21-13-18-27-31(19-21)38-32(35-27)22-14-16-23(17-15-22)36-29-11-5-6-12-30(29)37-28-10-4-2-8-25(28)24-7-1-3-9-26(24)33(36)37/h1-19H. The van der Waals surface area contributed by atoms with E-state index in [9.17, 15) is 5.26 Å². The van der Waals surface area contributed by atoms with Gasteiger partial charge in [-0.1, -0.05) is 54.6 Å². The van der Waals surface area contributed by atoms with Crippen molar-refractivity contribution in [1.82, 2.24) is 4.98 Å². The highest BCUT2D eigenvalue weighted by Gasteiger charge is 2.47. The van der Waals surface area contributed by atoms with E-state index in [0.29, 0.717) is 17.0 Å². The second-order valence-corrected chi connectivity index (χ2v) is 9.57. The van der Waals surface area contributed by atoms with Crippen molar-refractivity contribution in [2.24, 2.45) is 0 Å². The van der Waals surface area contributed by atoms with Gasteiger partial charge in [-0.15, -0.1) is 0 Å². The number of oxazole rings is 1. The zero-order valence-electron chi connectivity index (χ0n) is 20.2. The van der Waals surface area contributed by atoms with Gasteiger partial charge in [0.2, 0.25) is 5.89 Å². The second-order valence-electron chi connectivity index (χ2n) is 9.57. The van der Waals surface area contributed by atoms with Crippen molar-refractivity contribution >= 4 is 46.3 Å². The zero-order chi connectivity index (χ0) is 25.2. The Kier molecular flexibility index (Phi) is 4.32. The van der Waals surface area contributed by atoms with Crippen LogP contribution in [0.25, 0.3) is 33.7 Å². The van der Waals surface area contributed by atoms with Gasteiger partial charge in [0.05, 0.1) is 23.0 Å². The van der Waals surface area contributed by atoms with Crippen molar-refractivity contribution in [2.75, 3.05) is 9.62 Å². The van der Waals surface area contributed by atoms with Crippen LogP contribution in [-0.4, -0.2) is 12.0 Å². The summed E-state index contributed by atoms with van der Waals surface area (Å²) in [4.78, 5) is 9.51. The van der Waals surface area contributed by atoms with Crippen LogP contribution in [0.2, 0.25) is 0 Å². The monoisotopic (exact) mass is 486 g/mol. The Labute approximate surface area is 219 Å². The number of hydrogen-bond donors (Lipinski definition) is 0. The summed E-state index contributed by atoms with van der Waals surface area (Å²) in [6, 6.07) is 41.8. The fourth-order valence-electron chi connectivity index (χ4n) is 5.83. The Morgan fingerprint density at radius 3 is 2.16 bits per heavy atom. The number of rotatable bonds is 2. The summed E-state index contributed by atoms with van der Waals surface area (Å²) in [5.41, 5.74) is 11.3. The van der Waals surface area contributed by atoms with E-state index in [2.05, 4.69) is 118 Å². The lowest BCUT2D eigenvalue weighted by Crippen LogP contribution is -2.55. The second kappa shape index (κ2) is 7.86. The van der Waals surface area contributed by atoms with Crippen LogP contribution in [0.1, 0.15) is 5.56 Å². The summed E-state index contributed by atoms with van der Waals surface area (Å²) in [5.74, 6) is 0.544. The lowest BCUT2D eigenvalue weighted by atomic mass is 9.59. The molecule has 5 aromatic carbocycles. The average molecular weight is 486 g/mol.